The molecule has 7 nitrogen and oxygen atoms in total. The predicted molar refractivity (Wildman–Crippen MR) is 88.5 cm³/mol. The van der Waals surface area contributed by atoms with Gasteiger partial charge in [0.05, 0.1) is 12.6 Å². The van der Waals surface area contributed by atoms with Gasteiger partial charge < -0.3 is 10.4 Å². The van der Waals surface area contributed by atoms with Crippen LogP contribution >= 0.6 is 11.3 Å². The third-order valence-electron chi connectivity index (χ3n) is 4.17. The van der Waals surface area contributed by atoms with Crippen molar-refractivity contribution in [2.45, 2.75) is 31.5 Å². The Morgan fingerprint density at radius 2 is 1.96 bits per heavy atom. The zero-order valence-corrected chi connectivity index (χ0v) is 15.0. The van der Waals surface area contributed by atoms with Gasteiger partial charge in [-0.3, -0.25) is 9.63 Å². The van der Waals surface area contributed by atoms with E-state index < -0.39 is 12.1 Å². The minimum absolute atomic E-state index is 0.0317. The van der Waals surface area contributed by atoms with Crippen LogP contribution in [0.2, 0.25) is 0 Å². The van der Waals surface area contributed by atoms with E-state index in [2.05, 4.69) is 11.4 Å². The van der Waals surface area contributed by atoms with E-state index in [0.717, 1.165) is 37.9 Å². The molecule has 2 N–H and O–H groups in total. The normalized spacial score (nSPS) is 20.5. The van der Waals surface area contributed by atoms with Gasteiger partial charge in [-0.25, -0.2) is 9.86 Å². The van der Waals surface area contributed by atoms with Crippen LogP contribution in [-0.2, 0) is 14.4 Å². The lowest BCUT2D eigenvalue weighted by Gasteiger charge is -2.29. The van der Waals surface area contributed by atoms with Crippen LogP contribution in [0, 0.1) is 17.2 Å². The van der Waals surface area contributed by atoms with Gasteiger partial charge in [-0.05, 0) is 42.9 Å². The van der Waals surface area contributed by atoms with Crippen molar-refractivity contribution < 1.29 is 32.7 Å². The highest BCUT2D eigenvalue weighted by Gasteiger charge is 2.38. The van der Waals surface area contributed by atoms with Crippen LogP contribution in [0.3, 0.4) is 0 Å². The highest BCUT2D eigenvalue weighted by molar-refractivity contribution is 7.10. The topological polar surface area (TPSA) is 103 Å². The summed E-state index contributed by atoms with van der Waals surface area (Å²) in [6.07, 6.45) is -2.53. The average molecular weight is 405 g/mol. The Labute approximate surface area is 157 Å². The molecule has 148 valence electrons. The minimum atomic E-state index is -5.08. The first kappa shape index (κ1) is 21.1. The van der Waals surface area contributed by atoms with Crippen molar-refractivity contribution in [1.29, 1.82) is 5.26 Å². The summed E-state index contributed by atoms with van der Waals surface area (Å²) in [6, 6.07) is 3.98. The number of carboxylic acid groups (broad SMARTS) is 1. The number of hydroxylamine groups is 2. The van der Waals surface area contributed by atoms with E-state index in [9.17, 15) is 18.0 Å². The summed E-state index contributed by atoms with van der Waals surface area (Å²) in [7, 11) is 0. The molecule has 0 unspecified atom stereocenters. The maximum atomic E-state index is 12.6. The Morgan fingerprint density at radius 3 is 2.48 bits per heavy atom. The predicted octanol–water partition coefficient (Wildman–Crippen LogP) is 2.46. The number of carboxylic acids is 1. The second kappa shape index (κ2) is 9.16. The fourth-order valence-electron chi connectivity index (χ4n) is 2.82. The zero-order valence-electron chi connectivity index (χ0n) is 14.2. The molecule has 0 aromatic carbocycles. The smallest absolute Gasteiger partial charge is 0.475 e. The number of aliphatic carboxylic acids is 1. The number of carbonyl (C=O) groups excluding carboxylic acids is 1. The van der Waals surface area contributed by atoms with Crippen molar-refractivity contribution >= 4 is 23.2 Å². The average Bonchev–Trinajstić information content (AvgIpc) is 3.30. The maximum Gasteiger partial charge on any atom is 0.490 e. The molecule has 2 fully saturated rings. The third kappa shape index (κ3) is 5.66. The summed E-state index contributed by atoms with van der Waals surface area (Å²) >= 11 is 1.42. The molecule has 1 aromatic rings. The van der Waals surface area contributed by atoms with Crippen LogP contribution < -0.4 is 5.32 Å². The van der Waals surface area contributed by atoms with E-state index in [1.54, 1.807) is 5.06 Å². The molecule has 27 heavy (non-hydrogen) atoms. The molecule has 3 heterocycles. The van der Waals surface area contributed by atoms with Crippen LogP contribution in [0.15, 0.2) is 11.4 Å². The second-order valence-electron chi connectivity index (χ2n) is 5.99. The Balaban J connectivity index is 0.000000321. The van der Waals surface area contributed by atoms with E-state index in [0.29, 0.717) is 11.5 Å². The molecule has 1 amide bonds. The second-order valence-corrected chi connectivity index (χ2v) is 6.90. The Hall–Kier alpha value is -2.16. The van der Waals surface area contributed by atoms with Gasteiger partial charge in [0.1, 0.15) is 10.9 Å². The molecule has 2 aliphatic heterocycles. The molecule has 2 saturated heterocycles. The van der Waals surface area contributed by atoms with E-state index in [1.807, 2.05) is 11.4 Å². The van der Waals surface area contributed by atoms with Gasteiger partial charge in [0.2, 0.25) is 5.91 Å². The fraction of sp³-hybridized carbons (Fsp3) is 0.562. The molecule has 0 radical (unpaired) electrons. The molecule has 2 aliphatic rings. The molecule has 0 spiro atoms. The number of hydrogen-bond donors (Lipinski definition) is 2. The van der Waals surface area contributed by atoms with Gasteiger partial charge in [-0.1, -0.05) is 0 Å². The van der Waals surface area contributed by atoms with Gasteiger partial charge in [-0.15, -0.1) is 11.3 Å². The zero-order chi connectivity index (χ0) is 20.0. The van der Waals surface area contributed by atoms with Gasteiger partial charge in [0.15, 0.2) is 0 Å². The molecule has 1 aromatic heterocycles. The molecule has 0 saturated carbocycles. The SMILES string of the molecule is N#Cc1cc([C@@H]2CCON2C(=O)C2CCNCC2)cs1.O=C(O)C(F)(F)F. The third-order valence-corrected chi connectivity index (χ3v) is 5.02. The number of piperidine rings is 1. The summed E-state index contributed by atoms with van der Waals surface area (Å²) in [5.41, 5.74) is 1.02. The lowest BCUT2D eigenvalue weighted by atomic mass is 9.96. The van der Waals surface area contributed by atoms with Gasteiger partial charge in [0, 0.05) is 12.3 Å². The summed E-state index contributed by atoms with van der Waals surface area (Å²) in [5, 5.41) is 22.8. The number of alkyl halides is 3. The Bertz CT molecular complexity index is 710. The first-order chi connectivity index (χ1) is 12.7. The number of nitriles is 1. The van der Waals surface area contributed by atoms with Gasteiger partial charge in [-0.2, -0.15) is 18.4 Å². The van der Waals surface area contributed by atoms with Crippen LogP contribution in [-0.4, -0.2) is 47.9 Å². The molecule has 0 bridgehead atoms. The number of amides is 1. The number of nitrogens with zero attached hydrogens (tertiary/aromatic N) is 2. The maximum absolute atomic E-state index is 12.6. The number of halogens is 3. The molecule has 0 aliphatic carbocycles. The summed E-state index contributed by atoms with van der Waals surface area (Å²) < 4.78 is 31.7. The first-order valence-electron chi connectivity index (χ1n) is 8.19. The highest BCUT2D eigenvalue weighted by Crippen LogP contribution is 2.34. The fourth-order valence-corrected chi connectivity index (χ4v) is 3.57. The molecule has 1 atom stereocenters. The van der Waals surface area contributed by atoms with Gasteiger partial charge >= 0.3 is 12.1 Å². The minimum Gasteiger partial charge on any atom is -0.475 e. The number of rotatable bonds is 2. The molecule has 11 heteroatoms. The number of thiophene rings is 1. The quantitative estimate of drug-likeness (QED) is 0.784. The standard InChI is InChI=1S/C14H17N3O2S.C2HF3O2/c15-8-12-7-11(9-20-12)13-3-6-19-17(13)14(18)10-1-4-16-5-2-10;3-2(4,5)1(6)7/h7,9-10,13,16H,1-6H2;(H,6,7)/t13-;/m0./s1. The molecular weight excluding hydrogens is 387 g/mol. The van der Waals surface area contributed by atoms with Crippen molar-refractivity contribution in [3.63, 3.8) is 0 Å². The number of carbonyl (C=O) groups is 2. The number of nitrogens with one attached hydrogen (secondary N) is 1. The van der Waals surface area contributed by atoms with E-state index in [-0.39, 0.29) is 17.9 Å². The molecule has 3 rings (SSSR count). The number of hydrogen-bond acceptors (Lipinski definition) is 6. The summed E-state index contributed by atoms with van der Waals surface area (Å²) in [5.74, 6) is -2.60. The van der Waals surface area contributed by atoms with Crippen molar-refractivity contribution in [1.82, 2.24) is 10.4 Å². The lowest BCUT2D eigenvalue weighted by molar-refractivity contribution is -0.192. The first-order valence-corrected chi connectivity index (χ1v) is 9.07. The largest absolute Gasteiger partial charge is 0.490 e. The van der Waals surface area contributed by atoms with Crippen molar-refractivity contribution in [2.24, 2.45) is 5.92 Å². The van der Waals surface area contributed by atoms with Crippen molar-refractivity contribution in [3.8, 4) is 6.07 Å². The van der Waals surface area contributed by atoms with Crippen LogP contribution in [0.4, 0.5) is 13.2 Å². The van der Waals surface area contributed by atoms with E-state index >= 15 is 0 Å². The van der Waals surface area contributed by atoms with Crippen molar-refractivity contribution in [2.75, 3.05) is 19.7 Å². The Morgan fingerprint density at radius 1 is 1.33 bits per heavy atom. The van der Waals surface area contributed by atoms with E-state index in [1.165, 1.54) is 11.3 Å². The Kier molecular flexibility index (Phi) is 7.18. The molecular formula is C16H18F3N3O4S. The summed E-state index contributed by atoms with van der Waals surface area (Å²) in [6.45, 7) is 2.36. The highest BCUT2D eigenvalue weighted by atomic mass is 32.1. The van der Waals surface area contributed by atoms with E-state index in [4.69, 9.17) is 20.0 Å². The van der Waals surface area contributed by atoms with Crippen LogP contribution in [0.1, 0.15) is 35.7 Å². The van der Waals surface area contributed by atoms with Crippen LogP contribution in [0.5, 0.6) is 0 Å². The lowest BCUT2D eigenvalue weighted by Crippen LogP contribution is -2.40. The monoisotopic (exact) mass is 405 g/mol. The van der Waals surface area contributed by atoms with Crippen LogP contribution in [0.25, 0.3) is 0 Å². The van der Waals surface area contributed by atoms with Gasteiger partial charge in [0.25, 0.3) is 0 Å². The van der Waals surface area contributed by atoms with Crippen molar-refractivity contribution in [3.05, 3.63) is 21.9 Å². The summed E-state index contributed by atoms with van der Waals surface area (Å²) in [4.78, 5) is 27.7.